The Morgan fingerprint density at radius 1 is 1.00 bits per heavy atom. The number of ether oxygens (including phenoxy) is 3. The third kappa shape index (κ3) is 5.39. The van der Waals surface area contributed by atoms with E-state index in [0.717, 1.165) is 5.56 Å². The number of hydrogen-bond acceptors (Lipinski definition) is 6. The summed E-state index contributed by atoms with van der Waals surface area (Å²) in [6, 6.07) is 8.34. The van der Waals surface area contributed by atoms with Crippen molar-refractivity contribution < 1.29 is 27.4 Å². The first-order chi connectivity index (χ1) is 13.7. The number of carbonyl (C=O) groups excluding carboxylic acids is 1. The minimum Gasteiger partial charge on any atom is -0.493 e. The average Bonchev–Trinajstić information content (AvgIpc) is 2.72. The molecule has 2 rings (SSSR count). The Kier molecular flexibility index (Phi) is 7.46. The molecule has 0 atom stereocenters. The van der Waals surface area contributed by atoms with Crippen LogP contribution >= 0.6 is 0 Å². The molecule has 9 heteroatoms. The molecule has 1 amide bonds. The largest absolute Gasteiger partial charge is 0.493 e. The number of nitrogens with one attached hydrogen (secondary N) is 2. The maximum Gasteiger partial charge on any atom is 0.240 e. The molecule has 0 aromatic heterocycles. The van der Waals surface area contributed by atoms with Gasteiger partial charge >= 0.3 is 0 Å². The summed E-state index contributed by atoms with van der Waals surface area (Å²) in [6.45, 7) is 1.69. The molecule has 0 spiro atoms. The maximum atomic E-state index is 12.4. The average molecular weight is 423 g/mol. The van der Waals surface area contributed by atoms with Crippen LogP contribution in [-0.4, -0.2) is 42.7 Å². The number of carbonyl (C=O) groups is 1. The van der Waals surface area contributed by atoms with Crippen LogP contribution in [0.25, 0.3) is 0 Å². The predicted molar refractivity (Wildman–Crippen MR) is 110 cm³/mol. The van der Waals surface area contributed by atoms with Gasteiger partial charge in [-0.2, -0.15) is 0 Å². The first-order valence-electron chi connectivity index (χ1n) is 8.88. The Morgan fingerprint density at radius 2 is 1.62 bits per heavy atom. The van der Waals surface area contributed by atoms with Crippen molar-refractivity contribution in [2.75, 3.05) is 33.7 Å². The second-order valence-corrected chi connectivity index (χ2v) is 8.12. The summed E-state index contributed by atoms with van der Waals surface area (Å²) in [5.74, 6) is 1.28. The first-order valence-corrected chi connectivity index (χ1v) is 10.4. The molecular formula is C20H26N2O6S. The number of rotatable bonds is 9. The van der Waals surface area contributed by atoms with Gasteiger partial charge in [0.05, 0.1) is 26.2 Å². The van der Waals surface area contributed by atoms with Gasteiger partial charge in [0.2, 0.25) is 21.7 Å². The third-order valence-electron chi connectivity index (χ3n) is 4.40. The second-order valence-electron chi connectivity index (χ2n) is 6.27. The van der Waals surface area contributed by atoms with Gasteiger partial charge in [0, 0.05) is 12.1 Å². The van der Waals surface area contributed by atoms with Crippen molar-refractivity contribution in [2.24, 2.45) is 0 Å². The Balaban J connectivity index is 2.12. The van der Waals surface area contributed by atoms with Crippen LogP contribution in [0, 0.1) is 6.92 Å². The highest BCUT2D eigenvalue weighted by Crippen LogP contribution is 2.38. The molecular weight excluding hydrogens is 396 g/mol. The van der Waals surface area contributed by atoms with Gasteiger partial charge in [-0.3, -0.25) is 4.79 Å². The highest BCUT2D eigenvalue weighted by atomic mass is 32.2. The number of sulfonamides is 1. The Bertz CT molecular complexity index is 963. The van der Waals surface area contributed by atoms with Crippen LogP contribution in [0.2, 0.25) is 0 Å². The van der Waals surface area contributed by atoms with Crippen molar-refractivity contribution in [2.45, 2.75) is 24.7 Å². The fourth-order valence-corrected chi connectivity index (χ4v) is 3.83. The zero-order valence-corrected chi connectivity index (χ0v) is 18.0. The molecule has 158 valence electrons. The fourth-order valence-electron chi connectivity index (χ4n) is 2.84. The van der Waals surface area contributed by atoms with Gasteiger partial charge in [0.1, 0.15) is 0 Å². The summed E-state index contributed by atoms with van der Waals surface area (Å²) in [4.78, 5) is 12.5. The molecule has 0 aliphatic rings. The van der Waals surface area contributed by atoms with Crippen molar-refractivity contribution in [3.8, 4) is 17.2 Å². The topological polar surface area (TPSA) is 103 Å². The summed E-state index contributed by atoms with van der Waals surface area (Å²) in [6.07, 6.45) is 0.636. The molecule has 0 fully saturated rings. The summed E-state index contributed by atoms with van der Waals surface area (Å²) >= 11 is 0. The summed E-state index contributed by atoms with van der Waals surface area (Å²) in [5, 5.41) is 2.74. The Hall–Kier alpha value is -2.78. The fraction of sp³-hybridized carbons (Fsp3) is 0.350. The molecule has 0 unspecified atom stereocenters. The van der Waals surface area contributed by atoms with E-state index < -0.39 is 10.0 Å². The molecule has 2 aromatic carbocycles. The summed E-state index contributed by atoms with van der Waals surface area (Å²) in [5.41, 5.74) is 1.85. The van der Waals surface area contributed by atoms with Gasteiger partial charge in [-0.15, -0.1) is 0 Å². The molecule has 8 nitrogen and oxygen atoms in total. The second kappa shape index (κ2) is 9.62. The summed E-state index contributed by atoms with van der Waals surface area (Å²) in [7, 11) is 2.32. The van der Waals surface area contributed by atoms with Crippen molar-refractivity contribution in [1.29, 1.82) is 0 Å². The molecule has 0 aliphatic heterocycles. The number of anilines is 1. The van der Waals surface area contributed by atoms with E-state index in [2.05, 4.69) is 10.0 Å². The molecule has 0 radical (unpaired) electrons. The first kappa shape index (κ1) is 22.5. The lowest BCUT2D eigenvalue weighted by Crippen LogP contribution is -2.20. The summed E-state index contributed by atoms with van der Waals surface area (Å²) < 4.78 is 42.4. The predicted octanol–water partition coefficient (Wildman–Crippen LogP) is 2.50. The zero-order valence-electron chi connectivity index (χ0n) is 17.2. The van der Waals surface area contributed by atoms with Crippen molar-refractivity contribution in [3.63, 3.8) is 0 Å². The zero-order chi connectivity index (χ0) is 21.6. The van der Waals surface area contributed by atoms with E-state index >= 15 is 0 Å². The smallest absolute Gasteiger partial charge is 0.240 e. The van der Waals surface area contributed by atoms with Gasteiger partial charge in [-0.1, -0.05) is 6.07 Å². The van der Waals surface area contributed by atoms with E-state index in [9.17, 15) is 13.2 Å². The number of amides is 1. The lowest BCUT2D eigenvalue weighted by Gasteiger charge is -2.14. The molecule has 2 N–H and O–H groups in total. The number of methoxy groups -OCH3 is 3. The van der Waals surface area contributed by atoms with Gasteiger partial charge < -0.3 is 19.5 Å². The van der Waals surface area contributed by atoms with Crippen LogP contribution in [0.15, 0.2) is 35.2 Å². The highest BCUT2D eigenvalue weighted by molar-refractivity contribution is 7.89. The molecule has 0 aliphatic carbocycles. The molecule has 0 saturated heterocycles. The van der Waals surface area contributed by atoms with Crippen LogP contribution in [0.1, 0.15) is 17.5 Å². The molecule has 2 aromatic rings. The Labute approximate surface area is 171 Å². The molecule has 0 heterocycles. The lowest BCUT2D eigenvalue weighted by atomic mass is 10.1. The quantitative estimate of drug-likeness (QED) is 0.644. The van der Waals surface area contributed by atoms with Gasteiger partial charge in [-0.05, 0) is 55.8 Å². The van der Waals surface area contributed by atoms with Gasteiger partial charge in [0.25, 0.3) is 0 Å². The van der Waals surface area contributed by atoms with Crippen molar-refractivity contribution in [1.82, 2.24) is 4.72 Å². The van der Waals surface area contributed by atoms with Crippen LogP contribution in [0.5, 0.6) is 17.2 Å². The van der Waals surface area contributed by atoms with E-state index in [4.69, 9.17) is 14.2 Å². The third-order valence-corrected chi connectivity index (χ3v) is 5.95. The van der Waals surface area contributed by atoms with Crippen LogP contribution in [0.3, 0.4) is 0 Å². The van der Waals surface area contributed by atoms with Crippen molar-refractivity contribution >= 4 is 21.6 Å². The standard InChI is InChI=1S/C20H26N2O6S/c1-13-6-8-15(12-18(13)29(24,25)21-2)22-19(23)9-7-14-10-16(26-3)20(28-5)17(11-14)27-4/h6,8,10-12,21H,7,9H2,1-5H3,(H,22,23). The van der Waals surface area contributed by atoms with Gasteiger partial charge in [-0.25, -0.2) is 13.1 Å². The van der Waals surface area contributed by atoms with Crippen LogP contribution < -0.4 is 24.2 Å². The minimum atomic E-state index is -3.61. The molecule has 0 saturated carbocycles. The van der Waals surface area contributed by atoms with E-state index in [0.29, 0.717) is 34.9 Å². The van der Waals surface area contributed by atoms with E-state index in [1.807, 2.05) is 0 Å². The lowest BCUT2D eigenvalue weighted by molar-refractivity contribution is -0.116. The highest BCUT2D eigenvalue weighted by Gasteiger charge is 2.17. The normalized spacial score (nSPS) is 11.1. The van der Waals surface area contributed by atoms with Gasteiger partial charge in [0.15, 0.2) is 11.5 Å². The van der Waals surface area contributed by atoms with E-state index in [-0.39, 0.29) is 17.2 Å². The molecule has 0 bridgehead atoms. The number of aryl methyl sites for hydroxylation is 2. The minimum absolute atomic E-state index is 0.127. The Morgan fingerprint density at radius 3 is 2.14 bits per heavy atom. The maximum absolute atomic E-state index is 12.4. The number of benzene rings is 2. The van der Waals surface area contributed by atoms with E-state index in [1.54, 1.807) is 31.2 Å². The van der Waals surface area contributed by atoms with E-state index in [1.165, 1.54) is 34.4 Å². The number of hydrogen-bond donors (Lipinski definition) is 2. The molecule has 29 heavy (non-hydrogen) atoms. The van der Waals surface area contributed by atoms with Crippen molar-refractivity contribution in [3.05, 3.63) is 41.5 Å². The van der Waals surface area contributed by atoms with Crippen LogP contribution in [0.4, 0.5) is 5.69 Å². The SMILES string of the molecule is CNS(=O)(=O)c1cc(NC(=O)CCc2cc(OC)c(OC)c(OC)c2)ccc1C. The van der Waals surface area contributed by atoms with Crippen LogP contribution in [-0.2, 0) is 21.2 Å². The monoisotopic (exact) mass is 422 g/mol.